The van der Waals surface area contributed by atoms with Crippen molar-refractivity contribution in [1.82, 2.24) is 48.3 Å². The zero-order valence-electron chi connectivity index (χ0n) is 36.6. The lowest BCUT2D eigenvalue weighted by Gasteiger charge is -2.38. The molecule has 15 nitrogen and oxygen atoms in total. The van der Waals surface area contributed by atoms with Crippen molar-refractivity contribution in [2.24, 2.45) is 13.0 Å². The Hall–Kier alpha value is -6.88. The molecule has 17 heteroatoms. The highest BCUT2D eigenvalue weighted by molar-refractivity contribution is 6.00. The molecule has 0 bridgehead atoms. The van der Waals surface area contributed by atoms with E-state index in [4.69, 9.17) is 14.4 Å². The Morgan fingerprint density at radius 3 is 2.34 bits per heavy atom. The molecule has 3 atom stereocenters. The van der Waals surface area contributed by atoms with Crippen LogP contribution in [0.15, 0.2) is 81.2 Å². The van der Waals surface area contributed by atoms with Crippen LogP contribution in [0.2, 0.25) is 0 Å². The van der Waals surface area contributed by atoms with Gasteiger partial charge in [0.15, 0.2) is 11.6 Å². The zero-order chi connectivity index (χ0) is 44.8. The molecule has 2 aliphatic carbocycles. The molecule has 1 saturated heterocycles. The summed E-state index contributed by atoms with van der Waals surface area (Å²) in [5, 5.41) is 14.8. The van der Waals surface area contributed by atoms with E-state index in [1.165, 1.54) is 27.1 Å². The van der Waals surface area contributed by atoms with Crippen LogP contribution < -0.4 is 11.4 Å². The van der Waals surface area contributed by atoms with E-state index in [1.54, 1.807) is 60.7 Å². The molecule has 3 aromatic carbocycles. The fourth-order valence-corrected chi connectivity index (χ4v) is 11.1. The SMILES string of the molecule is Cc1cc(-n2nc3c(c2-n2ccn(-c4ccc5c(cnn5C)c4F)c2=O)[C@H](C)N(C(=O)c2cc4cc(C5CCOCC5)ccc4n2[C@@]2(c4noc(=O)[nH]4)C[C@@H]2C)CC32CC2)cc(C)c1F. The van der Waals surface area contributed by atoms with Crippen LogP contribution in [0.3, 0.4) is 0 Å². The molecular weight excluding hydrogens is 835 g/mol. The zero-order valence-corrected chi connectivity index (χ0v) is 36.6. The molecule has 4 aliphatic rings. The fourth-order valence-electron chi connectivity index (χ4n) is 11.1. The molecule has 0 radical (unpaired) electrons. The van der Waals surface area contributed by atoms with Gasteiger partial charge in [0.25, 0.3) is 5.91 Å². The van der Waals surface area contributed by atoms with Crippen molar-refractivity contribution < 1.29 is 22.8 Å². The second-order valence-electron chi connectivity index (χ2n) is 18.7. The fraction of sp³-hybridized carbons (Fsp3) is 0.375. The smallest absolute Gasteiger partial charge is 0.381 e. The van der Waals surface area contributed by atoms with Gasteiger partial charge in [0.05, 0.1) is 40.2 Å². The first-order valence-corrected chi connectivity index (χ1v) is 22.2. The van der Waals surface area contributed by atoms with E-state index in [2.05, 4.69) is 40.4 Å². The van der Waals surface area contributed by atoms with Crippen LogP contribution in [0.1, 0.15) is 102 Å². The van der Waals surface area contributed by atoms with Crippen molar-refractivity contribution in [2.75, 3.05) is 19.8 Å². The third-order valence-electron chi connectivity index (χ3n) is 14.9. The van der Waals surface area contributed by atoms with Crippen molar-refractivity contribution in [3.8, 4) is 17.2 Å². The minimum absolute atomic E-state index is 0.00722. The average molecular weight is 881 g/mol. The number of nitrogens with one attached hydrogen (secondary N) is 1. The van der Waals surface area contributed by atoms with Crippen molar-refractivity contribution >= 4 is 27.7 Å². The summed E-state index contributed by atoms with van der Waals surface area (Å²) in [6.07, 6.45) is 8.47. The number of aromatic nitrogens is 9. The number of fused-ring (bicyclic) bond motifs is 4. The Morgan fingerprint density at radius 1 is 0.923 bits per heavy atom. The van der Waals surface area contributed by atoms with Gasteiger partial charge in [0, 0.05) is 61.1 Å². The molecule has 2 saturated carbocycles. The number of aryl methyl sites for hydroxylation is 3. The maximum Gasteiger partial charge on any atom is 0.438 e. The molecule has 65 heavy (non-hydrogen) atoms. The number of rotatable bonds is 7. The second-order valence-corrected chi connectivity index (χ2v) is 18.7. The highest BCUT2D eigenvalue weighted by Gasteiger charge is 2.60. The van der Waals surface area contributed by atoms with Gasteiger partial charge in [-0.1, -0.05) is 18.1 Å². The third-order valence-corrected chi connectivity index (χ3v) is 14.9. The summed E-state index contributed by atoms with van der Waals surface area (Å²) in [5.41, 5.74) is 3.95. The van der Waals surface area contributed by atoms with Gasteiger partial charge >= 0.3 is 11.4 Å². The lowest BCUT2D eigenvalue weighted by Crippen LogP contribution is -2.45. The van der Waals surface area contributed by atoms with E-state index < -0.39 is 34.3 Å². The maximum absolute atomic E-state index is 16.2. The number of halogens is 2. The van der Waals surface area contributed by atoms with E-state index >= 15 is 13.6 Å². The van der Waals surface area contributed by atoms with Crippen LogP contribution >= 0.6 is 0 Å². The largest absolute Gasteiger partial charge is 0.438 e. The Kier molecular flexibility index (Phi) is 8.43. The van der Waals surface area contributed by atoms with Crippen LogP contribution in [0, 0.1) is 31.4 Å². The number of aromatic amines is 1. The molecule has 332 valence electrons. The minimum atomic E-state index is -0.848. The predicted molar refractivity (Wildman–Crippen MR) is 235 cm³/mol. The first-order valence-electron chi connectivity index (χ1n) is 22.2. The van der Waals surface area contributed by atoms with E-state index in [0.717, 1.165) is 42.3 Å². The predicted octanol–water partition coefficient (Wildman–Crippen LogP) is 7.15. The molecule has 2 aliphatic heterocycles. The summed E-state index contributed by atoms with van der Waals surface area (Å²) in [6, 6.07) is 14.4. The molecule has 7 heterocycles. The van der Waals surface area contributed by atoms with Crippen molar-refractivity contribution in [2.45, 2.75) is 82.7 Å². The number of nitrogens with zero attached hydrogens (tertiary/aromatic N) is 9. The normalized spacial score (nSPS) is 21.5. The Morgan fingerprint density at radius 2 is 1.65 bits per heavy atom. The molecule has 12 rings (SSSR count). The Balaban J connectivity index is 1.04. The highest BCUT2D eigenvalue weighted by Crippen LogP contribution is 2.58. The van der Waals surface area contributed by atoms with Crippen LogP contribution in [-0.2, 0) is 22.7 Å². The standard InChI is InChI=1S/C48H46F2N10O5/c1-25-18-32(19-26(2)39(25)49)60-42(57-15-14-56(46(57)63)36-9-8-35-33(40(36)50)23-51-55(35)5)38-28(4)58(24-47(12-13-47)41(38)53-60)43(61)37-21-31-20-30(29-10-16-64-17-11-29)6-7-34(31)59(37)48(22-27(48)3)44-52-45(62)65-54-44/h6-9,14-15,18-21,23,27-29H,10-13,16-17,22,24H2,1-5H3,(H,52,54,62)/t27-,28-,48-/m0/s1. The molecule has 1 N–H and O–H groups in total. The Labute approximate surface area is 369 Å². The molecule has 3 fully saturated rings. The minimum Gasteiger partial charge on any atom is -0.381 e. The van der Waals surface area contributed by atoms with E-state index in [9.17, 15) is 9.59 Å². The van der Waals surface area contributed by atoms with Gasteiger partial charge in [-0.05, 0) is 124 Å². The monoisotopic (exact) mass is 880 g/mol. The van der Waals surface area contributed by atoms with Crippen molar-refractivity contribution in [1.29, 1.82) is 0 Å². The van der Waals surface area contributed by atoms with Crippen LogP contribution in [-0.4, -0.2) is 74.0 Å². The first kappa shape index (κ1) is 39.7. The van der Waals surface area contributed by atoms with Crippen LogP contribution in [0.25, 0.3) is 39.0 Å². The van der Waals surface area contributed by atoms with Gasteiger partial charge in [0.1, 0.15) is 22.9 Å². The number of amides is 1. The average Bonchev–Trinajstić information content (AvgIpc) is 3.71. The van der Waals surface area contributed by atoms with Crippen LogP contribution in [0.5, 0.6) is 0 Å². The number of imidazole rings is 1. The third kappa shape index (κ3) is 5.66. The molecule has 1 spiro atoms. The number of ether oxygens (including phenoxy) is 1. The van der Waals surface area contributed by atoms with E-state index in [-0.39, 0.29) is 28.7 Å². The molecule has 8 aromatic rings. The molecule has 5 aromatic heterocycles. The lowest BCUT2D eigenvalue weighted by atomic mass is 9.88. The van der Waals surface area contributed by atoms with Gasteiger partial charge in [-0.25, -0.2) is 23.1 Å². The number of H-pyrrole nitrogens is 1. The second kappa shape index (κ2) is 13.8. The number of hydrogen-bond acceptors (Lipinski definition) is 8. The molecule has 0 unspecified atom stereocenters. The van der Waals surface area contributed by atoms with E-state index in [0.29, 0.717) is 77.3 Å². The Bertz CT molecular complexity index is 3400. The highest BCUT2D eigenvalue weighted by atomic mass is 19.1. The van der Waals surface area contributed by atoms with Gasteiger partial charge in [-0.15, -0.1) is 0 Å². The van der Waals surface area contributed by atoms with Crippen LogP contribution in [0.4, 0.5) is 8.78 Å². The van der Waals surface area contributed by atoms with Gasteiger partial charge in [-0.2, -0.15) is 10.2 Å². The summed E-state index contributed by atoms with van der Waals surface area (Å²) in [7, 11) is 1.72. The molecule has 1 amide bonds. The summed E-state index contributed by atoms with van der Waals surface area (Å²) in [6.45, 7) is 9.14. The summed E-state index contributed by atoms with van der Waals surface area (Å²) < 4.78 is 50.2. The number of carbonyl (C=O) groups is 1. The topological polar surface area (TPSA) is 156 Å². The summed E-state index contributed by atoms with van der Waals surface area (Å²) in [5.74, 6) is -0.763. The summed E-state index contributed by atoms with van der Waals surface area (Å²) in [4.78, 5) is 47.7. The van der Waals surface area contributed by atoms with Gasteiger partial charge in [-0.3, -0.25) is 28.1 Å². The molecular formula is C48H46F2N10O5. The number of benzene rings is 3. The quantitative estimate of drug-likeness (QED) is 0.177. The van der Waals surface area contributed by atoms with Gasteiger partial charge < -0.3 is 14.2 Å². The number of carbonyl (C=O) groups excluding carboxylic acids is 1. The maximum atomic E-state index is 16.2. The first-order chi connectivity index (χ1) is 31.3. The van der Waals surface area contributed by atoms with E-state index in [1.807, 2.05) is 22.5 Å². The number of hydrogen-bond donors (Lipinski definition) is 1. The lowest BCUT2D eigenvalue weighted by molar-refractivity contribution is 0.0630. The summed E-state index contributed by atoms with van der Waals surface area (Å²) >= 11 is 0. The van der Waals surface area contributed by atoms with Crippen molar-refractivity contribution in [3.05, 3.63) is 139 Å². The van der Waals surface area contributed by atoms with Gasteiger partial charge in [0.2, 0.25) is 0 Å². The van der Waals surface area contributed by atoms with Crippen molar-refractivity contribution in [3.63, 3.8) is 0 Å².